The summed E-state index contributed by atoms with van der Waals surface area (Å²) in [5, 5.41) is 6.35. The van der Waals surface area contributed by atoms with Gasteiger partial charge in [-0.1, -0.05) is 46.3 Å². The van der Waals surface area contributed by atoms with Gasteiger partial charge in [-0.3, -0.25) is 4.79 Å². The molecule has 0 aromatic heterocycles. The number of nitrogens with one attached hydrogen (secondary N) is 2. The first-order valence-corrected chi connectivity index (χ1v) is 7.88. The topological polar surface area (TPSA) is 41.1 Å². The average Bonchev–Trinajstić information content (AvgIpc) is 2.53. The van der Waals surface area contributed by atoms with Gasteiger partial charge in [-0.15, -0.1) is 0 Å². The SMILES string of the molecule is O=C(NCc1ccccc1Br)c1cccc2c1CCNC2. The van der Waals surface area contributed by atoms with Gasteiger partial charge in [-0.2, -0.15) is 0 Å². The molecule has 0 atom stereocenters. The molecule has 0 fully saturated rings. The van der Waals surface area contributed by atoms with Crippen molar-refractivity contribution in [3.63, 3.8) is 0 Å². The molecule has 3 rings (SSSR count). The monoisotopic (exact) mass is 344 g/mol. The molecule has 0 bridgehead atoms. The van der Waals surface area contributed by atoms with Crippen LogP contribution in [-0.4, -0.2) is 12.5 Å². The van der Waals surface area contributed by atoms with Gasteiger partial charge in [-0.05, 0) is 41.8 Å². The van der Waals surface area contributed by atoms with Crippen LogP contribution in [-0.2, 0) is 19.5 Å². The molecule has 0 radical (unpaired) electrons. The van der Waals surface area contributed by atoms with Crippen LogP contribution in [0.3, 0.4) is 0 Å². The Morgan fingerprint density at radius 2 is 2.05 bits per heavy atom. The fourth-order valence-corrected chi connectivity index (χ4v) is 3.08. The number of amides is 1. The van der Waals surface area contributed by atoms with Crippen LogP contribution in [0.2, 0.25) is 0 Å². The fourth-order valence-electron chi connectivity index (χ4n) is 2.66. The molecule has 0 unspecified atom stereocenters. The summed E-state index contributed by atoms with van der Waals surface area (Å²) < 4.78 is 1.02. The van der Waals surface area contributed by atoms with E-state index in [1.165, 1.54) is 11.1 Å². The molecule has 2 aromatic carbocycles. The lowest BCUT2D eigenvalue weighted by Crippen LogP contribution is -2.29. The van der Waals surface area contributed by atoms with Gasteiger partial charge in [0.05, 0.1) is 0 Å². The lowest BCUT2D eigenvalue weighted by molar-refractivity contribution is 0.0949. The summed E-state index contributed by atoms with van der Waals surface area (Å²) in [6.07, 6.45) is 0.911. The van der Waals surface area contributed by atoms with Gasteiger partial charge in [0, 0.05) is 23.1 Å². The van der Waals surface area contributed by atoms with Crippen molar-refractivity contribution in [2.24, 2.45) is 0 Å². The Morgan fingerprint density at radius 1 is 1.19 bits per heavy atom. The summed E-state index contributed by atoms with van der Waals surface area (Å²) in [6.45, 7) is 2.31. The predicted molar refractivity (Wildman–Crippen MR) is 87.2 cm³/mol. The minimum Gasteiger partial charge on any atom is -0.348 e. The zero-order valence-corrected chi connectivity index (χ0v) is 13.2. The Labute approximate surface area is 132 Å². The van der Waals surface area contributed by atoms with E-state index in [0.29, 0.717) is 6.54 Å². The molecule has 1 amide bonds. The van der Waals surface area contributed by atoms with Crippen molar-refractivity contribution in [3.05, 3.63) is 69.2 Å². The van der Waals surface area contributed by atoms with Crippen LogP contribution in [0.15, 0.2) is 46.9 Å². The van der Waals surface area contributed by atoms with E-state index in [1.54, 1.807) is 0 Å². The lowest BCUT2D eigenvalue weighted by atomic mass is 9.95. The Balaban J connectivity index is 1.76. The largest absolute Gasteiger partial charge is 0.348 e. The zero-order chi connectivity index (χ0) is 14.7. The molecule has 0 spiro atoms. The van der Waals surface area contributed by atoms with Crippen LogP contribution in [0, 0.1) is 0 Å². The summed E-state index contributed by atoms with van der Waals surface area (Å²) in [5.74, 6) is 0.00417. The molecule has 0 aliphatic carbocycles. The van der Waals surface area contributed by atoms with Gasteiger partial charge in [0.2, 0.25) is 0 Å². The van der Waals surface area contributed by atoms with Crippen molar-refractivity contribution >= 4 is 21.8 Å². The molecule has 4 heteroatoms. The summed E-state index contributed by atoms with van der Waals surface area (Å²) in [5.41, 5.74) is 4.30. The first-order chi connectivity index (χ1) is 10.3. The second-order valence-corrected chi connectivity index (χ2v) is 6.00. The van der Waals surface area contributed by atoms with Gasteiger partial charge in [-0.25, -0.2) is 0 Å². The Bertz CT molecular complexity index is 670. The quantitative estimate of drug-likeness (QED) is 0.898. The van der Waals surface area contributed by atoms with Crippen molar-refractivity contribution < 1.29 is 4.79 Å². The molecule has 2 N–H and O–H groups in total. The minimum atomic E-state index is 0.00417. The maximum Gasteiger partial charge on any atom is 0.251 e. The van der Waals surface area contributed by atoms with E-state index in [2.05, 4.69) is 32.6 Å². The molecular weight excluding hydrogens is 328 g/mol. The highest BCUT2D eigenvalue weighted by atomic mass is 79.9. The third-order valence-electron chi connectivity index (χ3n) is 3.78. The van der Waals surface area contributed by atoms with E-state index in [1.807, 2.05) is 36.4 Å². The molecule has 3 nitrogen and oxygen atoms in total. The standard InChI is InChI=1S/C17H17BrN2O/c18-16-7-2-1-4-13(16)11-20-17(21)15-6-3-5-12-10-19-9-8-14(12)15/h1-7,19H,8-11H2,(H,20,21). The Kier molecular flexibility index (Phi) is 4.36. The summed E-state index contributed by atoms with van der Waals surface area (Å²) in [7, 11) is 0. The molecule has 21 heavy (non-hydrogen) atoms. The molecule has 0 saturated heterocycles. The Morgan fingerprint density at radius 3 is 2.90 bits per heavy atom. The Hall–Kier alpha value is -1.65. The molecule has 0 saturated carbocycles. The fraction of sp³-hybridized carbons (Fsp3) is 0.235. The third-order valence-corrected chi connectivity index (χ3v) is 4.56. The number of rotatable bonds is 3. The van der Waals surface area contributed by atoms with E-state index >= 15 is 0 Å². The van der Waals surface area contributed by atoms with E-state index in [9.17, 15) is 4.79 Å². The summed E-state index contributed by atoms with van der Waals surface area (Å²) in [4.78, 5) is 12.5. The van der Waals surface area contributed by atoms with Crippen molar-refractivity contribution in [3.8, 4) is 0 Å². The highest BCUT2D eigenvalue weighted by Gasteiger charge is 2.17. The number of carbonyl (C=O) groups is 1. The van der Waals surface area contributed by atoms with E-state index < -0.39 is 0 Å². The van der Waals surface area contributed by atoms with Crippen molar-refractivity contribution in [1.82, 2.24) is 10.6 Å². The normalized spacial score (nSPS) is 13.6. The summed E-state index contributed by atoms with van der Waals surface area (Å²) in [6, 6.07) is 13.9. The van der Waals surface area contributed by atoms with Gasteiger partial charge >= 0.3 is 0 Å². The van der Waals surface area contributed by atoms with Crippen LogP contribution in [0.25, 0.3) is 0 Å². The molecule has 1 heterocycles. The maximum absolute atomic E-state index is 12.5. The van der Waals surface area contributed by atoms with Crippen LogP contribution in [0.5, 0.6) is 0 Å². The zero-order valence-electron chi connectivity index (χ0n) is 11.7. The minimum absolute atomic E-state index is 0.00417. The number of benzene rings is 2. The van der Waals surface area contributed by atoms with Gasteiger partial charge in [0.1, 0.15) is 0 Å². The van der Waals surface area contributed by atoms with Crippen LogP contribution >= 0.6 is 15.9 Å². The molecule has 108 valence electrons. The molecular formula is C17H17BrN2O. The molecule has 1 aliphatic rings. The van der Waals surface area contributed by atoms with E-state index in [4.69, 9.17) is 0 Å². The van der Waals surface area contributed by atoms with E-state index in [0.717, 1.165) is 35.1 Å². The van der Waals surface area contributed by atoms with Crippen molar-refractivity contribution in [2.45, 2.75) is 19.5 Å². The highest BCUT2D eigenvalue weighted by Crippen LogP contribution is 2.19. The van der Waals surface area contributed by atoms with E-state index in [-0.39, 0.29) is 5.91 Å². The van der Waals surface area contributed by atoms with Crippen molar-refractivity contribution in [2.75, 3.05) is 6.54 Å². The number of hydrogen-bond donors (Lipinski definition) is 2. The first-order valence-electron chi connectivity index (χ1n) is 7.09. The predicted octanol–water partition coefficient (Wildman–Crippen LogP) is 3.02. The highest BCUT2D eigenvalue weighted by molar-refractivity contribution is 9.10. The lowest BCUT2D eigenvalue weighted by Gasteiger charge is -2.20. The van der Waals surface area contributed by atoms with Gasteiger partial charge in [0.15, 0.2) is 0 Å². The van der Waals surface area contributed by atoms with Crippen molar-refractivity contribution in [1.29, 1.82) is 0 Å². The second-order valence-electron chi connectivity index (χ2n) is 5.14. The third kappa shape index (κ3) is 3.17. The smallest absolute Gasteiger partial charge is 0.251 e. The van der Waals surface area contributed by atoms with Gasteiger partial charge < -0.3 is 10.6 Å². The van der Waals surface area contributed by atoms with Crippen LogP contribution in [0.4, 0.5) is 0 Å². The number of fused-ring (bicyclic) bond motifs is 1. The average molecular weight is 345 g/mol. The molecule has 2 aromatic rings. The number of carbonyl (C=O) groups excluding carboxylic acids is 1. The van der Waals surface area contributed by atoms with Crippen LogP contribution < -0.4 is 10.6 Å². The van der Waals surface area contributed by atoms with Crippen LogP contribution in [0.1, 0.15) is 27.0 Å². The number of halogens is 1. The maximum atomic E-state index is 12.5. The second kappa shape index (κ2) is 6.41. The van der Waals surface area contributed by atoms with Gasteiger partial charge in [0.25, 0.3) is 5.91 Å². The molecule has 1 aliphatic heterocycles. The number of hydrogen-bond acceptors (Lipinski definition) is 2. The summed E-state index contributed by atoms with van der Waals surface area (Å²) >= 11 is 3.50. The first kappa shape index (κ1) is 14.3.